The number of amides is 1. The molecule has 0 radical (unpaired) electrons. The lowest BCUT2D eigenvalue weighted by atomic mass is 9.79. The number of hydrazone groups is 1. The Morgan fingerprint density at radius 1 is 1.31 bits per heavy atom. The van der Waals surface area contributed by atoms with Gasteiger partial charge in [0.05, 0.1) is 19.1 Å². The maximum absolute atomic E-state index is 12.2. The van der Waals surface area contributed by atoms with E-state index >= 15 is 0 Å². The molecule has 1 N–H and O–H groups in total. The maximum Gasteiger partial charge on any atom is 0.250 e. The fourth-order valence-corrected chi connectivity index (χ4v) is 5.15. The van der Waals surface area contributed by atoms with Crippen molar-refractivity contribution in [1.82, 2.24) is 5.43 Å². The van der Waals surface area contributed by atoms with Crippen LogP contribution in [0, 0.1) is 6.92 Å². The molecule has 0 bridgehead atoms. The third kappa shape index (κ3) is 5.66. The Kier molecular flexibility index (Phi) is 7.88. The highest BCUT2D eigenvalue weighted by molar-refractivity contribution is 8.00. The molecule has 0 spiro atoms. The monoisotopic (exact) mass is 453 g/mol. The van der Waals surface area contributed by atoms with Crippen LogP contribution in [0.4, 0.5) is 5.69 Å². The summed E-state index contributed by atoms with van der Waals surface area (Å²) < 4.78 is 5.16. The minimum atomic E-state index is -0.123. The van der Waals surface area contributed by atoms with Crippen molar-refractivity contribution in [2.45, 2.75) is 63.8 Å². The van der Waals surface area contributed by atoms with Crippen molar-refractivity contribution in [3.8, 4) is 5.75 Å². The first kappa shape index (κ1) is 24.2. The number of benzene rings is 2. The van der Waals surface area contributed by atoms with Crippen LogP contribution in [-0.2, 0) is 4.79 Å². The van der Waals surface area contributed by atoms with Gasteiger partial charge in [0.15, 0.2) is 0 Å². The van der Waals surface area contributed by atoms with Crippen LogP contribution in [0.3, 0.4) is 0 Å². The Morgan fingerprint density at radius 3 is 2.69 bits per heavy atom. The van der Waals surface area contributed by atoms with E-state index in [-0.39, 0.29) is 11.4 Å². The number of carbonyl (C=O) groups excluding carboxylic acids is 1. The first-order valence-corrected chi connectivity index (χ1v) is 12.2. The zero-order chi connectivity index (χ0) is 23.3. The quantitative estimate of drug-likeness (QED) is 0.314. The molecule has 5 nitrogen and oxygen atoms in total. The molecule has 6 heteroatoms. The Bertz CT molecular complexity index is 970. The van der Waals surface area contributed by atoms with E-state index < -0.39 is 0 Å². The molecule has 0 saturated heterocycles. The van der Waals surface area contributed by atoms with Crippen LogP contribution in [0.2, 0.25) is 0 Å². The van der Waals surface area contributed by atoms with Crippen LogP contribution < -0.4 is 15.1 Å². The highest BCUT2D eigenvalue weighted by Crippen LogP contribution is 2.44. The summed E-state index contributed by atoms with van der Waals surface area (Å²) >= 11 is 1.47. The van der Waals surface area contributed by atoms with Crippen LogP contribution in [-0.4, -0.2) is 37.1 Å². The molecular formula is C26H35N3O2S. The van der Waals surface area contributed by atoms with E-state index in [1.165, 1.54) is 28.6 Å². The van der Waals surface area contributed by atoms with Gasteiger partial charge in [-0.3, -0.25) is 4.79 Å². The van der Waals surface area contributed by atoms with E-state index in [4.69, 9.17) is 4.74 Å². The summed E-state index contributed by atoms with van der Waals surface area (Å²) in [5, 5.41) is 4.23. The molecule has 0 aliphatic carbocycles. The van der Waals surface area contributed by atoms with Gasteiger partial charge in [-0.05, 0) is 92.6 Å². The van der Waals surface area contributed by atoms with Gasteiger partial charge >= 0.3 is 0 Å². The Hall–Kier alpha value is -2.47. The standard InChI is InChI=1S/C26H35N3O2S/c1-7-12-29-24-13-18(2)20(14-23(24)19(3)15-26(29,4)5)16-27-28-25(30)17-32-22-10-8-21(31-6)9-11-22/h8-11,13-14,16,19H,7,12,15,17H2,1-6H3,(H,28,30)/b27-16+. The average Bonchev–Trinajstić information content (AvgIpc) is 2.76. The summed E-state index contributed by atoms with van der Waals surface area (Å²) in [5.74, 6) is 1.48. The fourth-order valence-electron chi connectivity index (χ4n) is 4.46. The Balaban J connectivity index is 1.65. The first-order valence-electron chi connectivity index (χ1n) is 11.3. The summed E-state index contributed by atoms with van der Waals surface area (Å²) in [6, 6.07) is 12.2. The second-order valence-corrected chi connectivity index (χ2v) is 10.1. The van der Waals surface area contributed by atoms with E-state index in [0.29, 0.717) is 11.7 Å². The second kappa shape index (κ2) is 10.4. The lowest BCUT2D eigenvalue weighted by Crippen LogP contribution is -2.48. The molecule has 1 atom stereocenters. The van der Waals surface area contributed by atoms with Gasteiger partial charge in [0.1, 0.15) is 5.75 Å². The molecule has 0 fully saturated rings. The number of nitrogens with one attached hydrogen (secondary N) is 1. The first-order chi connectivity index (χ1) is 15.2. The number of thioether (sulfide) groups is 1. The van der Waals surface area contributed by atoms with Crippen molar-refractivity contribution in [3.05, 3.63) is 53.1 Å². The summed E-state index contributed by atoms with van der Waals surface area (Å²) in [7, 11) is 1.64. The van der Waals surface area contributed by atoms with Gasteiger partial charge < -0.3 is 9.64 Å². The lowest BCUT2D eigenvalue weighted by molar-refractivity contribution is -0.118. The van der Waals surface area contributed by atoms with Gasteiger partial charge in [0.25, 0.3) is 0 Å². The molecule has 172 valence electrons. The zero-order valence-corrected chi connectivity index (χ0v) is 20.9. The molecule has 1 amide bonds. The third-order valence-corrected chi connectivity index (χ3v) is 7.05. The van der Waals surface area contributed by atoms with E-state index in [1.807, 2.05) is 24.3 Å². The van der Waals surface area contributed by atoms with Gasteiger partial charge in [-0.25, -0.2) is 5.43 Å². The number of carbonyl (C=O) groups is 1. The molecule has 1 aliphatic rings. The highest BCUT2D eigenvalue weighted by Gasteiger charge is 2.36. The maximum atomic E-state index is 12.2. The van der Waals surface area contributed by atoms with Crippen molar-refractivity contribution in [1.29, 1.82) is 0 Å². The van der Waals surface area contributed by atoms with Gasteiger partial charge in [-0.1, -0.05) is 13.8 Å². The predicted molar refractivity (Wildman–Crippen MR) is 135 cm³/mol. The highest BCUT2D eigenvalue weighted by atomic mass is 32.2. The van der Waals surface area contributed by atoms with Crippen LogP contribution in [0.1, 0.15) is 63.1 Å². The van der Waals surface area contributed by atoms with E-state index in [1.54, 1.807) is 13.3 Å². The normalized spacial score (nSPS) is 17.3. The topological polar surface area (TPSA) is 53.9 Å². The molecule has 2 aromatic carbocycles. The van der Waals surface area contributed by atoms with Crippen molar-refractivity contribution in [2.24, 2.45) is 5.10 Å². The smallest absolute Gasteiger partial charge is 0.250 e. The molecule has 3 rings (SSSR count). The molecule has 1 aliphatic heterocycles. The summed E-state index contributed by atoms with van der Waals surface area (Å²) in [6.07, 6.45) is 4.02. The predicted octanol–water partition coefficient (Wildman–Crippen LogP) is 5.75. The van der Waals surface area contributed by atoms with Crippen LogP contribution >= 0.6 is 11.8 Å². The zero-order valence-electron chi connectivity index (χ0n) is 20.1. The third-order valence-electron chi connectivity index (χ3n) is 6.04. The molecule has 0 aromatic heterocycles. The molecule has 1 unspecified atom stereocenters. The number of aryl methyl sites for hydroxylation is 1. The van der Waals surface area contributed by atoms with Crippen molar-refractivity contribution in [2.75, 3.05) is 24.3 Å². The number of ether oxygens (including phenoxy) is 1. The largest absolute Gasteiger partial charge is 0.497 e. The fraction of sp³-hybridized carbons (Fsp3) is 0.462. The van der Waals surface area contributed by atoms with Crippen molar-refractivity contribution < 1.29 is 9.53 Å². The SMILES string of the molecule is CCCN1c2cc(C)c(/C=N/NC(=O)CSc3ccc(OC)cc3)cc2C(C)CC1(C)C. The molecule has 2 aromatic rings. The van der Waals surface area contributed by atoms with Gasteiger partial charge in [0, 0.05) is 22.7 Å². The number of nitrogens with zero attached hydrogens (tertiary/aromatic N) is 2. The Labute approximate surface area is 196 Å². The number of hydrogen-bond acceptors (Lipinski definition) is 5. The van der Waals surface area contributed by atoms with Crippen LogP contribution in [0.25, 0.3) is 0 Å². The number of anilines is 1. The number of rotatable bonds is 8. The molecule has 0 saturated carbocycles. The van der Waals surface area contributed by atoms with Crippen LogP contribution in [0.5, 0.6) is 5.75 Å². The van der Waals surface area contributed by atoms with E-state index in [0.717, 1.165) is 35.6 Å². The summed E-state index contributed by atoms with van der Waals surface area (Å²) in [6.45, 7) is 12.4. The van der Waals surface area contributed by atoms with E-state index in [2.05, 4.69) is 62.2 Å². The van der Waals surface area contributed by atoms with Crippen LogP contribution in [0.15, 0.2) is 46.4 Å². The average molecular weight is 454 g/mol. The lowest BCUT2D eigenvalue weighted by Gasteiger charge is -2.48. The number of methoxy groups -OCH3 is 1. The molecule has 1 heterocycles. The van der Waals surface area contributed by atoms with Gasteiger partial charge in [0.2, 0.25) is 5.91 Å². The summed E-state index contributed by atoms with van der Waals surface area (Å²) in [4.78, 5) is 15.8. The Morgan fingerprint density at radius 2 is 2.03 bits per heavy atom. The van der Waals surface area contributed by atoms with E-state index in [9.17, 15) is 4.79 Å². The number of fused-ring (bicyclic) bond motifs is 1. The molecular weight excluding hydrogens is 418 g/mol. The van der Waals surface area contributed by atoms with Gasteiger partial charge in [-0.2, -0.15) is 5.10 Å². The second-order valence-electron chi connectivity index (χ2n) is 9.09. The summed E-state index contributed by atoms with van der Waals surface area (Å²) in [5.41, 5.74) is 7.73. The van der Waals surface area contributed by atoms with Crippen molar-refractivity contribution >= 4 is 29.6 Å². The number of hydrogen-bond donors (Lipinski definition) is 1. The van der Waals surface area contributed by atoms with Gasteiger partial charge in [-0.15, -0.1) is 11.8 Å². The molecule has 32 heavy (non-hydrogen) atoms. The minimum Gasteiger partial charge on any atom is -0.497 e. The minimum absolute atomic E-state index is 0.123. The van der Waals surface area contributed by atoms with Crippen molar-refractivity contribution in [3.63, 3.8) is 0 Å².